The Morgan fingerprint density at radius 2 is 2.11 bits per heavy atom. The number of halogens is 1. The largest absolute Gasteiger partial charge is 0.370 e. The van der Waals surface area contributed by atoms with Gasteiger partial charge >= 0.3 is 0 Å². The van der Waals surface area contributed by atoms with Gasteiger partial charge in [0, 0.05) is 18.4 Å². The van der Waals surface area contributed by atoms with E-state index in [1.807, 2.05) is 19.3 Å². The van der Waals surface area contributed by atoms with Crippen LogP contribution in [0.1, 0.15) is 43.2 Å². The smallest absolute Gasteiger partial charge is 0.189 e. The fourth-order valence-electron chi connectivity index (χ4n) is 2.38. The third-order valence-electron chi connectivity index (χ3n) is 3.32. The molecule has 0 radical (unpaired) electrons. The molecule has 1 aliphatic carbocycles. The van der Waals surface area contributed by atoms with Crippen molar-refractivity contribution >= 4 is 29.9 Å². The van der Waals surface area contributed by atoms with Gasteiger partial charge in [-0.15, -0.1) is 24.0 Å². The molecule has 0 unspecified atom stereocenters. The highest BCUT2D eigenvalue weighted by Crippen LogP contribution is 2.17. The lowest BCUT2D eigenvalue weighted by molar-refractivity contribution is 0.412. The Morgan fingerprint density at radius 1 is 1.37 bits per heavy atom. The molecule has 0 spiro atoms. The highest BCUT2D eigenvalue weighted by atomic mass is 127. The van der Waals surface area contributed by atoms with E-state index in [9.17, 15) is 0 Å². The SMILES string of the molecule is Cc1cncc(CN=C(N)NC2CCCCC2)c1.I. The number of guanidine groups is 1. The lowest BCUT2D eigenvalue weighted by atomic mass is 9.96. The molecule has 0 bridgehead atoms. The van der Waals surface area contributed by atoms with Crippen molar-refractivity contribution in [2.45, 2.75) is 51.6 Å². The normalized spacial score (nSPS) is 16.8. The number of nitrogens with zero attached hydrogens (tertiary/aromatic N) is 2. The van der Waals surface area contributed by atoms with Crippen LogP contribution in [0.3, 0.4) is 0 Å². The molecule has 1 aromatic heterocycles. The van der Waals surface area contributed by atoms with Gasteiger partial charge in [0.05, 0.1) is 6.54 Å². The molecule has 0 amide bonds. The van der Waals surface area contributed by atoms with Crippen molar-refractivity contribution in [2.75, 3.05) is 0 Å². The zero-order chi connectivity index (χ0) is 12.8. The van der Waals surface area contributed by atoms with E-state index in [1.54, 1.807) is 0 Å². The van der Waals surface area contributed by atoms with Crippen molar-refractivity contribution in [1.82, 2.24) is 10.3 Å². The summed E-state index contributed by atoms with van der Waals surface area (Å²) in [5.41, 5.74) is 8.16. The maximum Gasteiger partial charge on any atom is 0.189 e. The molecule has 0 aliphatic heterocycles. The van der Waals surface area contributed by atoms with E-state index in [2.05, 4.69) is 21.4 Å². The number of aliphatic imine (C=N–C) groups is 1. The van der Waals surface area contributed by atoms with Gasteiger partial charge < -0.3 is 11.1 Å². The molecule has 5 heteroatoms. The Bertz CT molecular complexity index is 414. The average Bonchev–Trinajstić information content (AvgIpc) is 2.38. The molecule has 19 heavy (non-hydrogen) atoms. The van der Waals surface area contributed by atoms with Crippen molar-refractivity contribution in [1.29, 1.82) is 0 Å². The summed E-state index contributed by atoms with van der Waals surface area (Å²) < 4.78 is 0. The van der Waals surface area contributed by atoms with Gasteiger partial charge in [-0.25, -0.2) is 4.99 Å². The van der Waals surface area contributed by atoms with Crippen LogP contribution in [0, 0.1) is 6.92 Å². The number of rotatable bonds is 3. The number of hydrogen-bond donors (Lipinski definition) is 2. The second-order valence-electron chi connectivity index (χ2n) is 5.05. The third-order valence-corrected chi connectivity index (χ3v) is 3.32. The van der Waals surface area contributed by atoms with Crippen LogP contribution in [0.2, 0.25) is 0 Å². The van der Waals surface area contributed by atoms with Crippen LogP contribution in [-0.2, 0) is 6.54 Å². The molecule has 3 N–H and O–H groups in total. The van der Waals surface area contributed by atoms with E-state index in [0.29, 0.717) is 18.5 Å². The van der Waals surface area contributed by atoms with E-state index in [-0.39, 0.29) is 24.0 Å². The monoisotopic (exact) mass is 374 g/mol. The first-order valence-corrected chi connectivity index (χ1v) is 6.71. The first-order chi connectivity index (χ1) is 8.74. The first kappa shape index (κ1) is 16.2. The van der Waals surface area contributed by atoms with Crippen LogP contribution in [0.5, 0.6) is 0 Å². The second kappa shape index (κ2) is 8.35. The molecule has 1 fully saturated rings. The molecule has 0 aromatic carbocycles. The summed E-state index contributed by atoms with van der Waals surface area (Å²) in [6, 6.07) is 2.60. The number of nitrogens with one attached hydrogen (secondary N) is 1. The van der Waals surface area contributed by atoms with Crippen molar-refractivity contribution in [3.8, 4) is 0 Å². The van der Waals surface area contributed by atoms with E-state index in [4.69, 9.17) is 5.73 Å². The highest BCUT2D eigenvalue weighted by molar-refractivity contribution is 14.0. The number of hydrogen-bond acceptors (Lipinski definition) is 2. The molecule has 1 aromatic rings. The summed E-state index contributed by atoms with van der Waals surface area (Å²) in [5.74, 6) is 0.559. The van der Waals surface area contributed by atoms with Crippen molar-refractivity contribution in [3.05, 3.63) is 29.6 Å². The van der Waals surface area contributed by atoms with Gasteiger partial charge in [0.2, 0.25) is 0 Å². The minimum Gasteiger partial charge on any atom is -0.370 e. The summed E-state index contributed by atoms with van der Waals surface area (Å²) in [5, 5.41) is 3.31. The van der Waals surface area contributed by atoms with Gasteiger partial charge in [0.1, 0.15) is 0 Å². The van der Waals surface area contributed by atoms with Crippen LogP contribution in [0.4, 0.5) is 0 Å². The molecule has 1 heterocycles. The van der Waals surface area contributed by atoms with Crippen LogP contribution in [-0.4, -0.2) is 17.0 Å². The fraction of sp³-hybridized carbons (Fsp3) is 0.571. The first-order valence-electron chi connectivity index (χ1n) is 6.71. The third kappa shape index (κ3) is 5.76. The quantitative estimate of drug-likeness (QED) is 0.486. The summed E-state index contributed by atoms with van der Waals surface area (Å²) in [6.07, 6.45) is 10.1. The van der Waals surface area contributed by atoms with E-state index >= 15 is 0 Å². The fourth-order valence-corrected chi connectivity index (χ4v) is 2.38. The van der Waals surface area contributed by atoms with Crippen LogP contribution >= 0.6 is 24.0 Å². The molecule has 0 atom stereocenters. The topological polar surface area (TPSA) is 63.3 Å². The molecule has 1 aliphatic rings. The Morgan fingerprint density at radius 3 is 2.79 bits per heavy atom. The van der Waals surface area contributed by atoms with Gasteiger partial charge in [-0.3, -0.25) is 4.98 Å². The molecular formula is C14H23IN4. The zero-order valence-electron chi connectivity index (χ0n) is 11.4. The lowest BCUT2D eigenvalue weighted by Gasteiger charge is -2.23. The molecule has 1 saturated carbocycles. The van der Waals surface area contributed by atoms with Crippen molar-refractivity contribution < 1.29 is 0 Å². The second-order valence-corrected chi connectivity index (χ2v) is 5.05. The number of aryl methyl sites for hydroxylation is 1. The minimum absolute atomic E-state index is 0. The summed E-state index contributed by atoms with van der Waals surface area (Å²) in [6.45, 7) is 2.63. The minimum atomic E-state index is 0. The predicted octanol–water partition coefficient (Wildman–Crippen LogP) is 2.75. The highest BCUT2D eigenvalue weighted by Gasteiger charge is 2.13. The molecule has 106 valence electrons. The van der Waals surface area contributed by atoms with Gasteiger partial charge in [-0.2, -0.15) is 0 Å². The van der Waals surface area contributed by atoms with Gasteiger partial charge in [-0.1, -0.05) is 25.3 Å². The molecule has 4 nitrogen and oxygen atoms in total. The Labute approximate surface area is 132 Å². The standard InChI is InChI=1S/C14H22N4.HI/c1-11-7-12(9-16-8-11)10-17-14(15)18-13-5-3-2-4-6-13;/h7-9,13H,2-6,10H2,1H3,(H3,15,17,18);1H. The predicted molar refractivity (Wildman–Crippen MR) is 89.7 cm³/mol. The Hall–Kier alpha value is -0.850. The van der Waals surface area contributed by atoms with Crippen LogP contribution < -0.4 is 11.1 Å². The molecule has 0 saturated heterocycles. The number of pyridine rings is 1. The summed E-state index contributed by atoms with van der Waals surface area (Å²) >= 11 is 0. The van der Waals surface area contributed by atoms with Gasteiger partial charge in [0.25, 0.3) is 0 Å². The van der Waals surface area contributed by atoms with Crippen LogP contribution in [0.25, 0.3) is 0 Å². The van der Waals surface area contributed by atoms with E-state index in [0.717, 1.165) is 11.1 Å². The lowest BCUT2D eigenvalue weighted by Crippen LogP contribution is -2.41. The summed E-state index contributed by atoms with van der Waals surface area (Å²) in [4.78, 5) is 8.52. The van der Waals surface area contributed by atoms with E-state index < -0.39 is 0 Å². The van der Waals surface area contributed by atoms with Crippen LogP contribution in [0.15, 0.2) is 23.5 Å². The number of nitrogens with two attached hydrogens (primary N) is 1. The van der Waals surface area contributed by atoms with Crippen molar-refractivity contribution in [3.63, 3.8) is 0 Å². The van der Waals surface area contributed by atoms with Crippen molar-refractivity contribution in [2.24, 2.45) is 10.7 Å². The summed E-state index contributed by atoms with van der Waals surface area (Å²) in [7, 11) is 0. The molecule has 2 rings (SSSR count). The van der Waals surface area contributed by atoms with Gasteiger partial charge in [-0.05, 0) is 30.9 Å². The Balaban J connectivity index is 0.00000180. The van der Waals surface area contributed by atoms with Gasteiger partial charge in [0.15, 0.2) is 5.96 Å². The maximum absolute atomic E-state index is 5.91. The number of aromatic nitrogens is 1. The molecular weight excluding hydrogens is 351 g/mol. The van der Waals surface area contributed by atoms with E-state index in [1.165, 1.54) is 32.1 Å². The zero-order valence-corrected chi connectivity index (χ0v) is 13.8. The Kier molecular flexibility index (Phi) is 7.12. The maximum atomic E-state index is 5.91. The average molecular weight is 374 g/mol.